The summed E-state index contributed by atoms with van der Waals surface area (Å²) in [4.78, 5) is 38.8. The molecule has 10 nitrogen and oxygen atoms in total. The summed E-state index contributed by atoms with van der Waals surface area (Å²) in [7, 11) is 1.51. The molecule has 0 spiro atoms. The average Bonchev–Trinajstić information content (AvgIpc) is 3.21. The molecule has 1 fully saturated rings. The van der Waals surface area contributed by atoms with E-state index in [0.29, 0.717) is 48.4 Å². The van der Waals surface area contributed by atoms with Crippen LogP contribution in [0.2, 0.25) is 0 Å². The molecular formula is C23H25N3O7. The van der Waals surface area contributed by atoms with Gasteiger partial charge in [0.1, 0.15) is 19.8 Å². The molecule has 0 aliphatic carbocycles. The molecule has 174 valence electrons. The number of carbonyl (C=O) groups excluding carboxylic acids is 3. The first-order valence-electron chi connectivity index (χ1n) is 10.6. The van der Waals surface area contributed by atoms with Gasteiger partial charge < -0.3 is 29.2 Å². The molecule has 2 N–H and O–H groups in total. The number of hydrogen-bond donors (Lipinski definition) is 2. The van der Waals surface area contributed by atoms with E-state index in [2.05, 4.69) is 10.6 Å². The zero-order chi connectivity index (χ0) is 23.2. The van der Waals surface area contributed by atoms with Gasteiger partial charge in [-0.15, -0.1) is 0 Å². The number of carbonyl (C=O) groups is 3. The Balaban J connectivity index is 1.35. The second-order valence-electron chi connectivity index (χ2n) is 7.56. The third-order valence-corrected chi connectivity index (χ3v) is 5.23. The lowest BCUT2D eigenvalue weighted by Crippen LogP contribution is -2.28. The zero-order valence-electron chi connectivity index (χ0n) is 18.2. The minimum absolute atomic E-state index is 0.101. The molecule has 0 radical (unpaired) electrons. The molecule has 1 atom stereocenters. The number of ether oxygens (including phenoxy) is 4. The van der Waals surface area contributed by atoms with Crippen molar-refractivity contribution in [1.29, 1.82) is 0 Å². The monoisotopic (exact) mass is 455 g/mol. The van der Waals surface area contributed by atoms with E-state index >= 15 is 0 Å². The fourth-order valence-corrected chi connectivity index (χ4v) is 3.62. The van der Waals surface area contributed by atoms with Crippen molar-refractivity contribution >= 4 is 35.0 Å². The van der Waals surface area contributed by atoms with Crippen LogP contribution in [-0.2, 0) is 19.1 Å². The Labute approximate surface area is 190 Å². The van der Waals surface area contributed by atoms with Gasteiger partial charge in [-0.3, -0.25) is 14.9 Å². The molecule has 33 heavy (non-hydrogen) atoms. The second-order valence-corrected chi connectivity index (χ2v) is 7.56. The lowest BCUT2D eigenvalue weighted by Gasteiger charge is -2.22. The smallest absolute Gasteiger partial charge is 0.411 e. The SMILES string of the molecule is COCCOC(=O)Nc1cccc(NC(=O)C2CC(=O)N(c3ccc4c(c3)OCCO4)C2)c1. The predicted molar refractivity (Wildman–Crippen MR) is 120 cm³/mol. The summed E-state index contributed by atoms with van der Waals surface area (Å²) in [5.41, 5.74) is 1.63. The molecular weight excluding hydrogens is 430 g/mol. The zero-order valence-corrected chi connectivity index (χ0v) is 18.2. The van der Waals surface area contributed by atoms with Crippen LogP contribution in [0.25, 0.3) is 0 Å². The second kappa shape index (κ2) is 10.2. The maximum absolute atomic E-state index is 12.8. The number of fused-ring (bicyclic) bond motifs is 1. The number of methoxy groups -OCH3 is 1. The van der Waals surface area contributed by atoms with E-state index < -0.39 is 12.0 Å². The number of amides is 3. The standard InChI is InChI=1S/C23H25N3O7/c1-30-7-8-33-23(29)25-17-4-2-3-16(12-17)24-22(28)15-11-21(27)26(14-15)18-5-6-19-20(13-18)32-10-9-31-19/h2-6,12-13,15H,7-11,14H2,1H3,(H,24,28)(H,25,29). The highest BCUT2D eigenvalue weighted by atomic mass is 16.6. The minimum atomic E-state index is -0.619. The van der Waals surface area contributed by atoms with Gasteiger partial charge in [-0.25, -0.2) is 4.79 Å². The van der Waals surface area contributed by atoms with Crippen LogP contribution in [0.15, 0.2) is 42.5 Å². The third kappa shape index (κ3) is 5.53. The Morgan fingerprint density at radius 3 is 2.58 bits per heavy atom. The van der Waals surface area contributed by atoms with Crippen LogP contribution in [0, 0.1) is 5.92 Å². The summed E-state index contributed by atoms with van der Waals surface area (Å²) >= 11 is 0. The van der Waals surface area contributed by atoms with Crippen molar-refractivity contribution in [3.8, 4) is 11.5 Å². The summed E-state index contributed by atoms with van der Waals surface area (Å²) in [6.45, 7) is 1.63. The fourth-order valence-electron chi connectivity index (χ4n) is 3.62. The van der Waals surface area contributed by atoms with Crippen LogP contribution in [0.4, 0.5) is 21.9 Å². The molecule has 1 unspecified atom stereocenters. The molecule has 3 amide bonds. The van der Waals surface area contributed by atoms with Crippen molar-refractivity contribution in [2.75, 3.05) is 55.6 Å². The number of nitrogens with zero attached hydrogens (tertiary/aromatic N) is 1. The molecule has 10 heteroatoms. The molecule has 2 aromatic carbocycles. The topological polar surface area (TPSA) is 115 Å². The highest BCUT2D eigenvalue weighted by molar-refractivity contribution is 6.03. The van der Waals surface area contributed by atoms with Crippen LogP contribution < -0.4 is 25.0 Å². The van der Waals surface area contributed by atoms with Gasteiger partial charge >= 0.3 is 6.09 Å². The highest BCUT2D eigenvalue weighted by Gasteiger charge is 2.35. The van der Waals surface area contributed by atoms with E-state index in [1.54, 1.807) is 47.4 Å². The van der Waals surface area contributed by atoms with Crippen molar-refractivity contribution in [1.82, 2.24) is 0 Å². The fraction of sp³-hybridized carbons (Fsp3) is 0.348. The summed E-state index contributed by atoms with van der Waals surface area (Å²) in [5, 5.41) is 5.41. The quantitative estimate of drug-likeness (QED) is 0.617. The van der Waals surface area contributed by atoms with Gasteiger partial charge in [0.25, 0.3) is 0 Å². The van der Waals surface area contributed by atoms with Crippen molar-refractivity contribution in [3.05, 3.63) is 42.5 Å². The maximum atomic E-state index is 12.8. The van der Waals surface area contributed by atoms with E-state index in [1.807, 2.05) is 0 Å². The molecule has 0 saturated carbocycles. The van der Waals surface area contributed by atoms with Crippen molar-refractivity contribution in [3.63, 3.8) is 0 Å². The number of benzene rings is 2. The molecule has 2 heterocycles. The third-order valence-electron chi connectivity index (χ3n) is 5.23. The summed E-state index contributed by atoms with van der Waals surface area (Å²) in [6.07, 6.45) is -0.517. The maximum Gasteiger partial charge on any atom is 0.411 e. The molecule has 4 rings (SSSR count). The van der Waals surface area contributed by atoms with Gasteiger partial charge in [-0.2, -0.15) is 0 Å². The molecule has 2 aromatic rings. The Morgan fingerprint density at radius 1 is 1.03 bits per heavy atom. The van der Waals surface area contributed by atoms with Gasteiger partial charge in [0.2, 0.25) is 11.8 Å². The molecule has 2 aliphatic heterocycles. The molecule has 0 bridgehead atoms. The number of nitrogens with one attached hydrogen (secondary N) is 2. The first-order valence-corrected chi connectivity index (χ1v) is 10.6. The lowest BCUT2D eigenvalue weighted by atomic mass is 10.1. The van der Waals surface area contributed by atoms with Crippen LogP contribution in [-0.4, -0.2) is 58.0 Å². The average molecular weight is 455 g/mol. The lowest BCUT2D eigenvalue weighted by molar-refractivity contribution is -0.122. The van der Waals surface area contributed by atoms with Crippen molar-refractivity contribution < 1.29 is 33.3 Å². The van der Waals surface area contributed by atoms with Crippen molar-refractivity contribution in [2.45, 2.75) is 6.42 Å². The van der Waals surface area contributed by atoms with E-state index in [-0.39, 0.29) is 31.4 Å². The number of rotatable bonds is 7. The Hall–Kier alpha value is -3.79. The molecule has 2 aliphatic rings. The number of hydrogen-bond acceptors (Lipinski definition) is 7. The first kappa shape index (κ1) is 22.4. The Bertz CT molecular complexity index is 1040. The van der Waals surface area contributed by atoms with E-state index in [9.17, 15) is 14.4 Å². The van der Waals surface area contributed by atoms with Gasteiger partial charge in [0, 0.05) is 43.2 Å². The van der Waals surface area contributed by atoms with E-state index in [1.165, 1.54) is 7.11 Å². The van der Waals surface area contributed by atoms with Gasteiger partial charge in [-0.05, 0) is 30.3 Å². The summed E-state index contributed by atoms with van der Waals surface area (Å²) in [6, 6.07) is 12.0. The Kier molecular flexibility index (Phi) is 6.94. The van der Waals surface area contributed by atoms with Gasteiger partial charge in [0.15, 0.2) is 11.5 Å². The van der Waals surface area contributed by atoms with Crippen LogP contribution in [0.5, 0.6) is 11.5 Å². The molecule has 1 saturated heterocycles. The number of anilines is 3. The minimum Gasteiger partial charge on any atom is -0.486 e. The molecule has 0 aromatic heterocycles. The van der Waals surface area contributed by atoms with Gasteiger partial charge in [0.05, 0.1) is 12.5 Å². The van der Waals surface area contributed by atoms with Gasteiger partial charge in [-0.1, -0.05) is 6.07 Å². The normalized spacial score (nSPS) is 16.9. The predicted octanol–water partition coefficient (Wildman–Crippen LogP) is 2.64. The summed E-state index contributed by atoms with van der Waals surface area (Å²) < 4.78 is 20.9. The van der Waals surface area contributed by atoms with Crippen LogP contribution in [0.1, 0.15) is 6.42 Å². The largest absolute Gasteiger partial charge is 0.486 e. The first-order chi connectivity index (χ1) is 16.0. The van der Waals surface area contributed by atoms with E-state index in [4.69, 9.17) is 18.9 Å². The highest BCUT2D eigenvalue weighted by Crippen LogP contribution is 2.36. The Morgan fingerprint density at radius 2 is 1.79 bits per heavy atom. The summed E-state index contributed by atoms with van der Waals surface area (Å²) in [5.74, 6) is 0.303. The van der Waals surface area contributed by atoms with Crippen LogP contribution >= 0.6 is 0 Å². The van der Waals surface area contributed by atoms with Crippen molar-refractivity contribution in [2.24, 2.45) is 5.92 Å². The van der Waals surface area contributed by atoms with Crippen LogP contribution in [0.3, 0.4) is 0 Å². The van der Waals surface area contributed by atoms with E-state index in [0.717, 1.165) is 0 Å².